The van der Waals surface area contributed by atoms with E-state index in [0.717, 1.165) is 36.4 Å². The van der Waals surface area contributed by atoms with Crippen LogP contribution in [0.4, 0.5) is 0 Å². The number of amides is 1. The monoisotopic (exact) mass is 360 g/mol. The summed E-state index contributed by atoms with van der Waals surface area (Å²) >= 11 is 0. The molecule has 3 N–H and O–H groups in total. The van der Waals surface area contributed by atoms with Gasteiger partial charge in [0.15, 0.2) is 12.6 Å². The average Bonchev–Trinajstić information content (AvgIpc) is 3.12. The van der Waals surface area contributed by atoms with Crippen LogP contribution in [0.25, 0.3) is 0 Å². The van der Waals surface area contributed by atoms with Crippen molar-refractivity contribution in [1.29, 1.82) is 0 Å². The van der Waals surface area contributed by atoms with Crippen molar-refractivity contribution in [2.24, 2.45) is 22.6 Å². The Balaban J connectivity index is 1.89. The lowest BCUT2D eigenvalue weighted by Gasteiger charge is -2.24. The van der Waals surface area contributed by atoms with Gasteiger partial charge in [-0.25, -0.2) is 0 Å². The summed E-state index contributed by atoms with van der Waals surface area (Å²) in [7, 11) is 1.83. The van der Waals surface area contributed by atoms with Gasteiger partial charge in [-0.3, -0.25) is 9.79 Å². The largest absolute Gasteiger partial charge is 0.484 e. The molecule has 0 aliphatic carbocycles. The Morgan fingerprint density at radius 1 is 1.42 bits per heavy atom. The topological polar surface area (TPSA) is 79.9 Å². The molecule has 6 heteroatoms. The first-order valence-corrected chi connectivity index (χ1v) is 9.53. The lowest BCUT2D eigenvalue weighted by atomic mass is 9.87. The van der Waals surface area contributed by atoms with Crippen LogP contribution < -0.4 is 15.8 Å². The van der Waals surface area contributed by atoms with Crippen LogP contribution in [0.1, 0.15) is 38.7 Å². The van der Waals surface area contributed by atoms with Gasteiger partial charge in [-0.1, -0.05) is 38.8 Å². The standard InChI is InChI=1S/C20H32N4O2/c1-4-16(5-2)17-9-10-24(13-17)20(22-3)23-12-15-7-6-8-18(11-15)26-14-19(21)25/h6-8,11,16-17H,4-5,9-10,12-14H2,1-3H3,(H2,21,25)(H,22,23). The molecule has 1 aliphatic heterocycles. The summed E-state index contributed by atoms with van der Waals surface area (Å²) in [4.78, 5) is 17.6. The van der Waals surface area contributed by atoms with Crippen LogP contribution in [-0.2, 0) is 11.3 Å². The van der Waals surface area contributed by atoms with Crippen molar-refractivity contribution in [3.8, 4) is 5.75 Å². The summed E-state index contributed by atoms with van der Waals surface area (Å²) in [5.41, 5.74) is 6.19. The molecule has 1 aliphatic rings. The third kappa shape index (κ3) is 5.64. The number of nitrogens with zero attached hydrogens (tertiary/aromatic N) is 2. The number of hydrogen-bond donors (Lipinski definition) is 2. The van der Waals surface area contributed by atoms with Gasteiger partial charge in [-0.05, 0) is 36.0 Å². The van der Waals surface area contributed by atoms with Gasteiger partial charge in [0.25, 0.3) is 5.91 Å². The second-order valence-corrected chi connectivity index (χ2v) is 6.87. The highest BCUT2D eigenvalue weighted by atomic mass is 16.5. The normalized spacial score (nSPS) is 17.6. The molecule has 26 heavy (non-hydrogen) atoms. The number of primary amides is 1. The Hall–Kier alpha value is -2.24. The molecule has 1 aromatic rings. The summed E-state index contributed by atoms with van der Waals surface area (Å²) in [5, 5.41) is 3.44. The molecule has 1 heterocycles. The number of carbonyl (C=O) groups is 1. The Bertz CT molecular complexity index is 614. The Morgan fingerprint density at radius 2 is 2.19 bits per heavy atom. The fourth-order valence-electron chi connectivity index (χ4n) is 3.73. The smallest absolute Gasteiger partial charge is 0.255 e. The van der Waals surface area contributed by atoms with E-state index in [-0.39, 0.29) is 6.61 Å². The van der Waals surface area contributed by atoms with Crippen LogP contribution in [0.15, 0.2) is 29.3 Å². The second kappa shape index (κ2) is 10.0. The molecule has 0 spiro atoms. The number of guanidine groups is 1. The first kappa shape index (κ1) is 20.1. The summed E-state index contributed by atoms with van der Waals surface area (Å²) in [6.45, 7) is 7.26. The van der Waals surface area contributed by atoms with Gasteiger partial charge in [0.05, 0.1) is 0 Å². The average molecular weight is 361 g/mol. The van der Waals surface area contributed by atoms with E-state index >= 15 is 0 Å². The van der Waals surface area contributed by atoms with Crippen molar-refractivity contribution in [3.63, 3.8) is 0 Å². The van der Waals surface area contributed by atoms with E-state index in [4.69, 9.17) is 10.5 Å². The van der Waals surface area contributed by atoms with Gasteiger partial charge >= 0.3 is 0 Å². The molecular weight excluding hydrogens is 328 g/mol. The predicted octanol–water partition coefficient (Wildman–Crippen LogP) is 2.38. The van der Waals surface area contributed by atoms with Crippen LogP contribution in [0.5, 0.6) is 5.75 Å². The van der Waals surface area contributed by atoms with Gasteiger partial charge < -0.3 is 20.7 Å². The molecule has 2 rings (SSSR count). The number of likely N-dealkylation sites (tertiary alicyclic amines) is 1. The van der Waals surface area contributed by atoms with E-state index < -0.39 is 5.91 Å². The summed E-state index contributed by atoms with van der Waals surface area (Å²) in [6, 6.07) is 7.67. The maximum Gasteiger partial charge on any atom is 0.255 e. The Kier molecular flexibility index (Phi) is 7.75. The zero-order valence-electron chi connectivity index (χ0n) is 16.2. The molecule has 1 aromatic carbocycles. The van der Waals surface area contributed by atoms with Gasteiger partial charge in [0.1, 0.15) is 5.75 Å². The van der Waals surface area contributed by atoms with Crippen LogP contribution in [0, 0.1) is 11.8 Å². The number of hydrogen-bond acceptors (Lipinski definition) is 3. The first-order valence-electron chi connectivity index (χ1n) is 9.53. The van der Waals surface area contributed by atoms with Crippen LogP contribution in [-0.4, -0.2) is 43.5 Å². The maximum atomic E-state index is 10.8. The van der Waals surface area contributed by atoms with Gasteiger partial charge in [0, 0.05) is 26.7 Å². The third-order valence-electron chi connectivity index (χ3n) is 5.18. The van der Waals surface area contributed by atoms with E-state index in [1.54, 1.807) is 0 Å². The van der Waals surface area contributed by atoms with Gasteiger partial charge in [-0.2, -0.15) is 0 Å². The Labute approximate surface area is 156 Å². The highest BCUT2D eigenvalue weighted by Gasteiger charge is 2.29. The van der Waals surface area contributed by atoms with Crippen LogP contribution in [0.3, 0.4) is 0 Å². The number of benzene rings is 1. The summed E-state index contributed by atoms with van der Waals surface area (Å²) in [5.74, 6) is 2.68. The lowest BCUT2D eigenvalue weighted by molar-refractivity contribution is -0.119. The lowest BCUT2D eigenvalue weighted by Crippen LogP contribution is -2.40. The molecule has 1 amide bonds. The van der Waals surface area contributed by atoms with E-state index in [2.05, 4.69) is 29.1 Å². The minimum absolute atomic E-state index is 0.107. The molecule has 6 nitrogen and oxygen atoms in total. The molecule has 1 fully saturated rings. The van der Waals surface area contributed by atoms with E-state index in [1.165, 1.54) is 19.3 Å². The van der Waals surface area contributed by atoms with Crippen LogP contribution >= 0.6 is 0 Å². The zero-order chi connectivity index (χ0) is 18.9. The van der Waals surface area contributed by atoms with Crippen LogP contribution in [0.2, 0.25) is 0 Å². The maximum absolute atomic E-state index is 10.8. The van der Waals surface area contributed by atoms with Gasteiger partial charge in [-0.15, -0.1) is 0 Å². The Morgan fingerprint density at radius 3 is 2.85 bits per heavy atom. The molecular formula is C20H32N4O2. The zero-order valence-corrected chi connectivity index (χ0v) is 16.2. The molecule has 1 unspecified atom stereocenters. The molecule has 0 bridgehead atoms. The SMILES string of the molecule is CCC(CC)C1CCN(C(=NC)NCc2cccc(OCC(N)=O)c2)C1. The van der Waals surface area contributed by atoms with Crippen molar-refractivity contribution in [1.82, 2.24) is 10.2 Å². The van der Waals surface area contributed by atoms with Crippen molar-refractivity contribution < 1.29 is 9.53 Å². The number of aliphatic imine (C=N–C) groups is 1. The summed E-state index contributed by atoms with van der Waals surface area (Å²) in [6.07, 6.45) is 3.74. The predicted molar refractivity (Wildman–Crippen MR) is 105 cm³/mol. The minimum atomic E-state index is -0.477. The van der Waals surface area contributed by atoms with E-state index in [9.17, 15) is 4.79 Å². The number of rotatable bonds is 8. The molecule has 0 saturated carbocycles. The fourth-order valence-corrected chi connectivity index (χ4v) is 3.73. The number of ether oxygens (including phenoxy) is 1. The van der Waals surface area contributed by atoms with Gasteiger partial charge in [0.2, 0.25) is 0 Å². The minimum Gasteiger partial charge on any atom is -0.484 e. The highest BCUT2D eigenvalue weighted by Crippen LogP contribution is 2.28. The van der Waals surface area contributed by atoms with E-state index in [1.807, 2.05) is 31.3 Å². The first-order chi connectivity index (χ1) is 12.6. The number of nitrogens with two attached hydrogens (primary N) is 1. The number of nitrogens with one attached hydrogen (secondary N) is 1. The molecule has 0 aromatic heterocycles. The number of carbonyl (C=O) groups excluding carboxylic acids is 1. The van der Waals surface area contributed by atoms with Crippen molar-refractivity contribution in [2.45, 2.75) is 39.7 Å². The van der Waals surface area contributed by atoms with Crippen molar-refractivity contribution in [3.05, 3.63) is 29.8 Å². The van der Waals surface area contributed by atoms with Crippen molar-refractivity contribution >= 4 is 11.9 Å². The molecule has 0 radical (unpaired) electrons. The summed E-state index contributed by atoms with van der Waals surface area (Å²) < 4.78 is 5.36. The molecule has 1 atom stereocenters. The second-order valence-electron chi connectivity index (χ2n) is 6.87. The molecule has 1 saturated heterocycles. The van der Waals surface area contributed by atoms with Crippen molar-refractivity contribution in [2.75, 3.05) is 26.7 Å². The fraction of sp³-hybridized carbons (Fsp3) is 0.600. The quantitative estimate of drug-likeness (QED) is 0.551. The van der Waals surface area contributed by atoms with E-state index in [0.29, 0.717) is 12.3 Å². The highest BCUT2D eigenvalue weighted by molar-refractivity contribution is 5.80. The third-order valence-corrected chi connectivity index (χ3v) is 5.18. The molecule has 144 valence electrons.